The fraction of sp³-hybridized carbons (Fsp3) is 0.562. The topological polar surface area (TPSA) is 59.0 Å². The Balaban J connectivity index is 1.48. The van der Waals surface area contributed by atoms with Crippen molar-refractivity contribution in [2.24, 2.45) is 5.92 Å². The van der Waals surface area contributed by atoms with Crippen LogP contribution < -0.4 is 4.74 Å². The molecule has 0 bridgehead atoms. The minimum absolute atomic E-state index is 0.167. The summed E-state index contributed by atoms with van der Waals surface area (Å²) in [5, 5.41) is 9.24. The summed E-state index contributed by atoms with van der Waals surface area (Å²) in [5.74, 6) is 0.202. The van der Waals surface area contributed by atoms with Crippen molar-refractivity contribution >= 4 is 17.6 Å². The molecule has 0 aromatic heterocycles. The van der Waals surface area contributed by atoms with Gasteiger partial charge in [0.2, 0.25) is 0 Å². The lowest BCUT2D eigenvalue weighted by Crippen LogP contribution is -2.42. The molecule has 5 nitrogen and oxygen atoms in total. The van der Waals surface area contributed by atoms with Gasteiger partial charge in [-0.1, -0.05) is 11.6 Å². The van der Waals surface area contributed by atoms with Gasteiger partial charge >= 0.3 is 5.97 Å². The number of halogens is 1. The highest BCUT2D eigenvalue weighted by atomic mass is 35.5. The number of aromatic carboxylic acids is 1. The second kappa shape index (κ2) is 6.86. The van der Waals surface area contributed by atoms with Crippen molar-refractivity contribution in [3.8, 4) is 5.75 Å². The van der Waals surface area contributed by atoms with Crippen LogP contribution in [0.2, 0.25) is 5.02 Å². The Hall–Kier alpha value is -1.30. The molecule has 120 valence electrons. The first-order chi connectivity index (χ1) is 10.6. The highest BCUT2D eigenvalue weighted by molar-refractivity contribution is 6.32. The predicted molar refractivity (Wildman–Crippen MR) is 82.8 cm³/mol. The number of likely N-dealkylation sites (tertiary alicyclic amines) is 1. The van der Waals surface area contributed by atoms with Crippen molar-refractivity contribution in [3.63, 3.8) is 0 Å². The number of rotatable bonds is 5. The second-order valence-electron chi connectivity index (χ2n) is 5.85. The van der Waals surface area contributed by atoms with Crippen LogP contribution in [0.3, 0.4) is 0 Å². The molecule has 0 aliphatic carbocycles. The Morgan fingerprint density at radius 3 is 3.09 bits per heavy atom. The molecule has 0 unspecified atom stereocenters. The molecule has 1 N–H and O–H groups in total. The molecule has 2 saturated heterocycles. The summed E-state index contributed by atoms with van der Waals surface area (Å²) in [4.78, 5) is 13.3. The van der Waals surface area contributed by atoms with Crippen molar-refractivity contribution in [3.05, 3.63) is 28.8 Å². The first kappa shape index (κ1) is 15.6. The van der Waals surface area contributed by atoms with Crippen LogP contribution in [-0.4, -0.2) is 54.9 Å². The Kier molecular flexibility index (Phi) is 4.86. The second-order valence-corrected chi connectivity index (χ2v) is 6.25. The van der Waals surface area contributed by atoms with Gasteiger partial charge in [-0.3, -0.25) is 4.90 Å². The van der Waals surface area contributed by atoms with Crippen LogP contribution >= 0.6 is 11.6 Å². The number of carboxylic acids is 1. The molecule has 2 aliphatic rings. The predicted octanol–water partition coefficient (Wildman–Crippen LogP) is 2.53. The molecule has 22 heavy (non-hydrogen) atoms. The lowest BCUT2D eigenvalue weighted by molar-refractivity contribution is 0.0315. The van der Waals surface area contributed by atoms with E-state index in [2.05, 4.69) is 4.90 Å². The SMILES string of the molecule is O=C(O)c1ccc(OCCN2CC[C@@H]3OCC[C@@H]3C2)c(Cl)c1. The average molecular weight is 326 g/mol. The van der Waals surface area contributed by atoms with Gasteiger partial charge in [-0.25, -0.2) is 4.79 Å². The lowest BCUT2D eigenvalue weighted by Gasteiger charge is -2.33. The summed E-state index contributed by atoms with van der Waals surface area (Å²) in [7, 11) is 0. The van der Waals surface area contributed by atoms with Gasteiger partial charge < -0.3 is 14.6 Å². The maximum Gasteiger partial charge on any atom is 0.335 e. The van der Waals surface area contributed by atoms with Crippen molar-refractivity contribution in [1.82, 2.24) is 4.90 Å². The number of nitrogens with zero attached hydrogens (tertiary/aromatic N) is 1. The quantitative estimate of drug-likeness (QED) is 0.901. The van der Waals surface area contributed by atoms with E-state index in [-0.39, 0.29) is 5.56 Å². The number of benzene rings is 1. The Morgan fingerprint density at radius 2 is 2.32 bits per heavy atom. The highest BCUT2D eigenvalue weighted by Gasteiger charge is 2.33. The molecular formula is C16H20ClNO4. The van der Waals surface area contributed by atoms with E-state index in [1.54, 1.807) is 6.07 Å². The van der Waals surface area contributed by atoms with Crippen molar-refractivity contribution in [1.29, 1.82) is 0 Å². The molecular weight excluding hydrogens is 306 g/mol. The van der Waals surface area contributed by atoms with Crippen LogP contribution in [0.5, 0.6) is 5.75 Å². The highest BCUT2D eigenvalue weighted by Crippen LogP contribution is 2.29. The van der Waals surface area contributed by atoms with Gasteiger partial charge in [-0.05, 0) is 31.0 Å². The summed E-state index contributed by atoms with van der Waals surface area (Å²) in [6.07, 6.45) is 2.71. The van der Waals surface area contributed by atoms with E-state index >= 15 is 0 Å². The molecule has 0 saturated carbocycles. The fourth-order valence-electron chi connectivity index (χ4n) is 3.19. The molecule has 0 amide bonds. The minimum Gasteiger partial charge on any atom is -0.491 e. The molecule has 1 aromatic carbocycles. The van der Waals surface area contributed by atoms with Crippen LogP contribution in [0, 0.1) is 5.92 Å². The molecule has 2 heterocycles. The molecule has 0 spiro atoms. The van der Waals surface area contributed by atoms with Crippen LogP contribution in [0.15, 0.2) is 18.2 Å². The zero-order chi connectivity index (χ0) is 15.5. The van der Waals surface area contributed by atoms with Crippen LogP contribution in [0.25, 0.3) is 0 Å². The monoisotopic (exact) mass is 325 g/mol. The van der Waals surface area contributed by atoms with E-state index in [1.807, 2.05) is 0 Å². The normalized spacial score (nSPS) is 25.0. The molecule has 2 aliphatic heterocycles. The van der Waals surface area contributed by atoms with Gasteiger partial charge in [0, 0.05) is 32.2 Å². The Labute approximate surface area is 134 Å². The van der Waals surface area contributed by atoms with Crippen molar-refractivity contribution in [2.45, 2.75) is 18.9 Å². The van der Waals surface area contributed by atoms with E-state index in [0.717, 1.165) is 39.1 Å². The molecule has 6 heteroatoms. The van der Waals surface area contributed by atoms with Crippen molar-refractivity contribution in [2.75, 3.05) is 32.8 Å². The van der Waals surface area contributed by atoms with E-state index in [0.29, 0.717) is 29.4 Å². The van der Waals surface area contributed by atoms with Crippen LogP contribution in [0.4, 0.5) is 0 Å². The Morgan fingerprint density at radius 1 is 1.45 bits per heavy atom. The summed E-state index contributed by atoms with van der Waals surface area (Å²) in [6, 6.07) is 4.54. The summed E-state index contributed by atoms with van der Waals surface area (Å²) in [6.45, 7) is 4.39. The van der Waals surface area contributed by atoms with E-state index in [9.17, 15) is 4.79 Å². The number of hydrogen-bond donors (Lipinski definition) is 1. The van der Waals surface area contributed by atoms with Gasteiger partial charge in [0.15, 0.2) is 0 Å². The number of carboxylic acid groups (broad SMARTS) is 1. The summed E-state index contributed by atoms with van der Waals surface area (Å²) in [5.41, 5.74) is 0.167. The zero-order valence-electron chi connectivity index (χ0n) is 12.3. The maximum absolute atomic E-state index is 10.9. The van der Waals surface area contributed by atoms with E-state index < -0.39 is 5.97 Å². The number of piperidine rings is 1. The average Bonchev–Trinajstić information content (AvgIpc) is 2.96. The smallest absolute Gasteiger partial charge is 0.335 e. The Bertz CT molecular complexity index is 551. The molecule has 2 atom stereocenters. The minimum atomic E-state index is -0.991. The van der Waals surface area contributed by atoms with Crippen molar-refractivity contribution < 1.29 is 19.4 Å². The third-order valence-electron chi connectivity index (χ3n) is 4.41. The summed E-state index contributed by atoms with van der Waals surface area (Å²) < 4.78 is 11.4. The third kappa shape index (κ3) is 3.54. The number of ether oxygens (including phenoxy) is 2. The van der Waals surface area contributed by atoms with Crippen LogP contribution in [-0.2, 0) is 4.74 Å². The number of carbonyl (C=O) groups is 1. The van der Waals surface area contributed by atoms with E-state index in [4.69, 9.17) is 26.2 Å². The largest absolute Gasteiger partial charge is 0.491 e. The van der Waals surface area contributed by atoms with Crippen LogP contribution in [0.1, 0.15) is 23.2 Å². The third-order valence-corrected chi connectivity index (χ3v) is 4.71. The van der Waals surface area contributed by atoms with Gasteiger partial charge in [0.05, 0.1) is 16.7 Å². The van der Waals surface area contributed by atoms with E-state index in [1.165, 1.54) is 12.1 Å². The maximum atomic E-state index is 10.9. The standard InChI is InChI=1S/C16H20ClNO4/c17-13-9-11(16(19)20)1-2-15(13)22-8-6-18-5-3-14-12(10-18)4-7-21-14/h1-2,9,12,14H,3-8,10H2,(H,19,20)/t12-,14+/m1/s1. The number of fused-ring (bicyclic) bond motifs is 1. The summed E-state index contributed by atoms with van der Waals surface area (Å²) >= 11 is 6.05. The van der Waals surface area contributed by atoms with Gasteiger partial charge in [0.25, 0.3) is 0 Å². The molecule has 0 radical (unpaired) electrons. The lowest BCUT2D eigenvalue weighted by atomic mass is 9.94. The number of hydrogen-bond acceptors (Lipinski definition) is 4. The van der Waals surface area contributed by atoms with Gasteiger partial charge in [0.1, 0.15) is 12.4 Å². The first-order valence-electron chi connectivity index (χ1n) is 7.63. The molecule has 2 fully saturated rings. The molecule has 1 aromatic rings. The zero-order valence-corrected chi connectivity index (χ0v) is 13.1. The first-order valence-corrected chi connectivity index (χ1v) is 8.01. The van der Waals surface area contributed by atoms with Gasteiger partial charge in [-0.15, -0.1) is 0 Å². The fourth-order valence-corrected chi connectivity index (χ4v) is 3.43. The van der Waals surface area contributed by atoms with Gasteiger partial charge in [-0.2, -0.15) is 0 Å². The molecule has 3 rings (SSSR count).